The third-order valence-electron chi connectivity index (χ3n) is 5.07. The third-order valence-corrected chi connectivity index (χ3v) is 5.07. The van der Waals surface area contributed by atoms with Crippen molar-refractivity contribution in [3.05, 3.63) is 102 Å². The quantitative estimate of drug-likeness (QED) is 0.423. The summed E-state index contributed by atoms with van der Waals surface area (Å²) in [5.74, 6) is -0.0382. The second kappa shape index (κ2) is 8.82. The molecule has 0 fully saturated rings. The lowest BCUT2D eigenvalue weighted by atomic mass is 10.0. The molecule has 0 aliphatic rings. The average Bonchev–Trinajstić information content (AvgIpc) is 3.43. The molecule has 0 bridgehead atoms. The topological polar surface area (TPSA) is 51.3 Å². The molecule has 152 valence electrons. The number of rotatable bonds is 7. The van der Waals surface area contributed by atoms with Crippen molar-refractivity contribution < 1.29 is 9.21 Å². The summed E-state index contributed by atoms with van der Waals surface area (Å²) in [5, 5.41) is 4.44. The van der Waals surface area contributed by atoms with Crippen LogP contribution in [0, 0.1) is 6.92 Å². The van der Waals surface area contributed by atoms with Crippen LogP contribution in [0.3, 0.4) is 0 Å². The third kappa shape index (κ3) is 4.35. The van der Waals surface area contributed by atoms with Gasteiger partial charge in [0.05, 0.1) is 18.2 Å². The standard InChI is InChI=1S/C25H25N3O2/c1-3-28-24(14-19(2)26-28)25(29)27(17-21-12-13-30-18-21)16-20-8-7-11-23(15-20)22-9-5-4-6-10-22/h4-15,18H,3,16-17H2,1-2H3. The van der Waals surface area contributed by atoms with Crippen LogP contribution in [-0.4, -0.2) is 20.6 Å². The molecule has 5 nitrogen and oxygen atoms in total. The number of hydrogen-bond acceptors (Lipinski definition) is 3. The molecular weight excluding hydrogens is 374 g/mol. The van der Waals surface area contributed by atoms with Gasteiger partial charge in [-0.15, -0.1) is 0 Å². The number of hydrogen-bond donors (Lipinski definition) is 0. The number of carbonyl (C=O) groups excluding carboxylic acids is 1. The first kappa shape index (κ1) is 19.7. The Labute approximate surface area is 176 Å². The van der Waals surface area contributed by atoms with E-state index in [1.807, 2.05) is 55.1 Å². The van der Waals surface area contributed by atoms with Crippen LogP contribution >= 0.6 is 0 Å². The van der Waals surface area contributed by atoms with Crippen LogP contribution < -0.4 is 0 Å². The molecule has 4 rings (SSSR count). The van der Waals surface area contributed by atoms with Crippen LogP contribution in [0.2, 0.25) is 0 Å². The van der Waals surface area contributed by atoms with Crippen LogP contribution in [0.1, 0.15) is 34.2 Å². The Morgan fingerprint density at radius 3 is 2.47 bits per heavy atom. The summed E-state index contributed by atoms with van der Waals surface area (Å²) in [6, 6.07) is 22.4. The molecule has 5 heteroatoms. The van der Waals surface area contributed by atoms with Crippen molar-refractivity contribution in [1.82, 2.24) is 14.7 Å². The predicted octanol–water partition coefficient (Wildman–Crippen LogP) is 5.31. The monoisotopic (exact) mass is 399 g/mol. The van der Waals surface area contributed by atoms with Crippen molar-refractivity contribution in [2.75, 3.05) is 0 Å². The predicted molar refractivity (Wildman–Crippen MR) is 117 cm³/mol. The van der Waals surface area contributed by atoms with Crippen molar-refractivity contribution in [2.45, 2.75) is 33.5 Å². The van der Waals surface area contributed by atoms with Gasteiger partial charge in [-0.2, -0.15) is 5.10 Å². The van der Waals surface area contributed by atoms with Gasteiger partial charge >= 0.3 is 0 Å². The van der Waals surface area contributed by atoms with Gasteiger partial charge in [0.2, 0.25) is 0 Å². The first-order valence-electron chi connectivity index (χ1n) is 10.1. The van der Waals surface area contributed by atoms with Crippen LogP contribution in [0.4, 0.5) is 0 Å². The van der Waals surface area contributed by atoms with Crippen LogP contribution in [0.5, 0.6) is 0 Å². The Hall–Kier alpha value is -3.60. The maximum absolute atomic E-state index is 13.5. The first-order chi connectivity index (χ1) is 14.6. The van der Waals surface area contributed by atoms with Gasteiger partial charge in [0.15, 0.2) is 0 Å². The fraction of sp³-hybridized carbons (Fsp3) is 0.200. The summed E-state index contributed by atoms with van der Waals surface area (Å²) in [6.45, 7) is 5.52. The highest BCUT2D eigenvalue weighted by Gasteiger charge is 2.21. The lowest BCUT2D eigenvalue weighted by Gasteiger charge is -2.23. The number of carbonyl (C=O) groups is 1. The molecule has 0 N–H and O–H groups in total. The molecule has 0 saturated carbocycles. The van der Waals surface area contributed by atoms with Crippen molar-refractivity contribution in [1.29, 1.82) is 0 Å². The van der Waals surface area contributed by atoms with E-state index in [0.29, 0.717) is 25.3 Å². The second-order valence-corrected chi connectivity index (χ2v) is 7.35. The Bertz CT molecular complexity index is 1110. The zero-order chi connectivity index (χ0) is 20.9. The number of nitrogens with zero attached hydrogens (tertiary/aromatic N) is 3. The smallest absolute Gasteiger partial charge is 0.272 e. The zero-order valence-corrected chi connectivity index (χ0v) is 17.3. The molecule has 1 amide bonds. The van der Waals surface area contributed by atoms with Crippen molar-refractivity contribution in [2.24, 2.45) is 0 Å². The lowest BCUT2D eigenvalue weighted by molar-refractivity contribution is 0.0717. The highest BCUT2D eigenvalue weighted by Crippen LogP contribution is 2.22. The highest BCUT2D eigenvalue weighted by molar-refractivity contribution is 5.92. The Balaban J connectivity index is 1.64. The zero-order valence-electron chi connectivity index (χ0n) is 17.3. The molecule has 30 heavy (non-hydrogen) atoms. The summed E-state index contributed by atoms with van der Waals surface area (Å²) in [7, 11) is 0. The first-order valence-corrected chi connectivity index (χ1v) is 10.1. The normalized spacial score (nSPS) is 10.9. The van der Waals surface area contributed by atoms with Crippen molar-refractivity contribution in [3.8, 4) is 11.1 Å². The molecule has 0 unspecified atom stereocenters. The van der Waals surface area contributed by atoms with Gasteiger partial charge in [0, 0.05) is 25.2 Å². The van der Waals surface area contributed by atoms with E-state index in [4.69, 9.17) is 4.42 Å². The number of aromatic nitrogens is 2. The molecule has 0 saturated heterocycles. The van der Waals surface area contributed by atoms with Gasteiger partial charge in [-0.3, -0.25) is 9.48 Å². The highest BCUT2D eigenvalue weighted by atomic mass is 16.3. The molecule has 0 aliphatic carbocycles. The fourth-order valence-electron chi connectivity index (χ4n) is 3.62. The van der Waals surface area contributed by atoms with E-state index >= 15 is 0 Å². The molecular formula is C25H25N3O2. The second-order valence-electron chi connectivity index (χ2n) is 7.35. The van der Waals surface area contributed by atoms with Gasteiger partial charge < -0.3 is 9.32 Å². The molecule has 2 aromatic carbocycles. The molecule has 0 spiro atoms. The van der Waals surface area contributed by atoms with E-state index in [1.165, 1.54) is 0 Å². The van der Waals surface area contributed by atoms with E-state index in [1.54, 1.807) is 17.2 Å². The summed E-state index contributed by atoms with van der Waals surface area (Å²) < 4.78 is 6.99. The van der Waals surface area contributed by atoms with Crippen LogP contribution in [-0.2, 0) is 19.6 Å². The van der Waals surface area contributed by atoms with E-state index < -0.39 is 0 Å². The Morgan fingerprint density at radius 1 is 0.967 bits per heavy atom. The van der Waals surface area contributed by atoms with Crippen molar-refractivity contribution in [3.63, 3.8) is 0 Å². The molecule has 0 radical (unpaired) electrons. The number of aryl methyl sites for hydroxylation is 2. The fourth-order valence-corrected chi connectivity index (χ4v) is 3.62. The molecule has 2 aromatic heterocycles. The minimum Gasteiger partial charge on any atom is -0.472 e. The summed E-state index contributed by atoms with van der Waals surface area (Å²) in [5.41, 5.74) is 5.78. The maximum Gasteiger partial charge on any atom is 0.272 e. The number of amides is 1. The van der Waals surface area contributed by atoms with Gasteiger partial charge in [-0.1, -0.05) is 48.5 Å². The number of benzene rings is 2. The van der Waals surface area contributed by atoms with Crippen molar-refractivity contribution >= 4 is 5.91 Å². The van der Waals surface area contributed by atoms with Gasteiger partial charge in [0.1, 0.15) is 5.69 Å². The minimum absolute atomic E-state index is 0.0382. The van der Waals surface area contributed by atoms with Crippen LogP contribution in [0.15, 0.2) is 83.7 Å². The SMILES string of the molecule is CCn1nc(C)cc1C(=O)N(Cc1ccoc1)Cc1cccc(-c2ccccc2)c1. The maximum atomic E-state index is 13.5. The summed E-state index contributed by atoms with van der Waals surface area (Å²) in [6.07, 6.45) is 3.32. The summed E-state index contributed by atoms with van der Waals surface area (Å²) in [4.78, 5) is 15.3. The lowest BCUT2D eigenvalue weighted by Crippen LogP contribution is -2.31. The van der Waals surface area contributed by atoms with Gasteiger partial charge in [0.25, 0.3) is 5.91 Å². The molecule has 0 atom stereocenters. The summed E-state index contributed by atoms with van der Waals surface area (Å²) >= 11 is 0. The van der Waals surface area contributed by atoms with E-state index in [-0.39, 0.29) is 5.91 Å². The van der Waals surface area contributed by atoms with E-state index in [9.17, 15) is 4.79 Å². The molecule has 0 aliphatic heterocycles. The Morgan fingerprint density at radius 2 is 1.73 bits per heavy atom. The van der Waals surface area contributed by atoms with Crippen LogP contribution in [0.25, 0.3) is 11.1 Å². The molecule has 2 heterocycles. The number of furan rings is 1. The van der Waals surface area contributed by atoms with Gasteiger partial charge in [-0.25, -0.2) is 0 Å². The average molecular weight is 399 g/mol. The largest absolute Gasteiger partial charge is 0.472 e. The van der Waals surface area contributed by atoms with E-state index in [2.05, 4.69) is 35.4 Å². The van der Waals surface area contributed by atoms with E-state index in [0.717, 1.165) is 27.9 Å². The Kier molecular flexibility index (Phi) is 5.80. The minimum atomic E-state index is -0.0382. The molecule has 4 aromatic rings. The van der Waals surface area contributed by atoms with Gasteiger partial charge in [-0.05, 0) is 48.7 Å².